The molecular formula is C36H45N7O22. The third-order valence-electron chi connectivity index (χ3n) is 9.06. The largest absolute Gasteiger partial charge is 0.463 e. The molecule has 0 N–H and O–H groups in total. The van der Waals surface area contributed by atoms with Gasteiger partial charge in [0.05, 0.1) is 23.9 Å². The molecule has 0 bridgehead atoms. The fraction of sp³-hybridized carbons (Fsp3) is 0.639. The zero-order chi connectivity index (χ0) is 48.5. The van der Waals surface area contributed by atoms with Crippen LogP contribution in [0.15, 0.2) is 12.4 Å². The third-order valence-corrected chi connectivity index (χ3v) is 9.06. The number of aromatic nitrogens is 6. The Morgan fingerprint density at radius 2 is 0.877 bits per heavy atom. The summed E-state index contributed by atoms with van der Waals surface area (Å²) in [4.78, 5) is 124. The first-order valence-corrected chi connectivity index (χ1v) is 19.3. The molecular weight excluding hydrogens is 882 g/mol. The highest BCUT2D eigenvalue weighted by Gasteiger charge is 2.63. The topological polar surface area (TPSA) is 360 Å². The van der Waals surface area contributed by atoms with Crippen molar-refractivity contribution < 1.29 is 100 Å². The minimum atomic E-state index is -3.30. The maximum atomic E-state index is 14.0. The number of hydrogen-bond donors (Lipinski definition) is 0. The molecule has 0 spiro atoms. The van der Waals surface area contributed by atoms with Crippen LogP contribution in [0.4, 0.5) is 0 Å². The summed E-state index contributed by atoms with van der Waals surface area (Å²) >= 11 is 0. The van der Waals surface area contributed by atoms with Crippen molar-refractivity contribution in [2.45, 2.75) is 129 Å². The van der Waals surface area contributed by atoms with Crippen molar-refractivity contribution in [2.75, 3.05) is 19.8 Å². The fourth-order valence-electron chi connectivity index (χ4n) is 6.81. The van der Waals surface area contributed by atoms with Crippen LogP contribution >= 0.6 is 0 Å². The Balaban J connectivity index is 1.93. The predicted molar refractivity (Wildman–Crippen MR) is 199 cm³/mol. The maximum absolute atomic E-state index is 14.0. The Kier molecular flexibility index (Phi) is 16.7. The van der Waals surface area contributed by atoms with Gasteiger partial charge in [0.15, 0.2) is 60.5 Å². The van der Waals surface area contributed by atoms with Crippen molar-refractivity contribution in [1.82, 2.24) is 30.0 Å². The van der Waals surface area contributed by atoms with Gasteiger partial charge >= 0.3 is 59.3 Å². The standard InChI is InChI=1S/C36H45N7O22/c1-10-55-35(52)36(43(53)54,25-11-41(39-37-25)33-31(62-21(8)50)29(60-19(6)48)27(58-17(4)46)23(64-33)13-56-15(2)44)26-12-42(40-38-26)34-32(63-22(9)51)30(61-20(7)49)28(59-18(5)47)24(65-34)14-57-16(3)45/h11-12,23-24,27-34H,10,13-14H2,1-9H3/t23-,24-,27-,28-,29+,30+,31-,32-,33-,34-/m1/s1. The average Bonchev–Trinajstić information content (AvgIpc) is 3.87. The molecule has 10 atom stereocenters. The van der Waals surface area contributed by atoms with Gasteiger partial charge in [-0.05, 0) is 6.92 Å². The van der Waals surface area contributed by atoms with Crippen molar-refractivity contribution in [3.8, 4) is 0 Å². The zero-order valence-corrected chi connectivity index (χ0v) is 36.2. The maximum Gasteiger partial charge on any atom is 0.406 e. The first kappa shape index (κ1) is 50.5. The van der Waals surface area contributed by atoms with E-state index in [-0.39, 0.29) is 0 Å². The lowest BCUT2D eigenvalue weighted by molar-refractivity contribution is -0.553. The van der Waals surface area contributed by atoms with Gasteiger partial charge in [0.25, 0.3) is 0 Å². The molecule has 2 fully saturated rings. The molecule has 2 aromatic heterocycles. The van der Waals surface area contributed by atoms with E-state index in [9.17, 15) is 53.3 Å². The predicted octanol–water partition coefficient (Wildman–Crippen LogP) is -1.54. The van der Waals surface area contributed by atoms with Crippen LogP contribution in [0.2, 0.25) is 0 Å². The van der Waals surface area contributed by atoms with Crippen LogP contribution < -0.4 is 0 Å². The summed E-state index contributed by atoms with van der Waals surface area (Å²) in [5.74, 6) is -9.02. The molecule has 29 nitrogen and oxygen atoms in total. The Labute approximate surface area is 366 Å². The molecule has 0 aliphatic carbocycles. The monoisotopic (exact) mass is 927 g/mol. The van der Waals surface area contributed by atoms with E-state index in [1.807, 2.05) is 0 Å². The van der Waals surface area contributed by atoms with Gasteiger partial charge < -0.3 is 52.1 Å². The number of nitro groups is 1. The summed E-state index contributed by atoms with van der Waals surface area (Å²) in [7, 11) is 0. The van der Waals surface area contributed by atoms with E-state index in [0.29, 0.717) is 0 Å². The Morgan fingerprint density at radius 1 is 0.554 bits per heavy atom. The van der Waals surface area contributed by atoms with E-state index in [2.05, 4.69) is 20.6 Å². The van der Waals surface area contributed by atoms with Crippen LogP contribution in [0, 0.1) is 10.1 Å². The second-order valence-electron chi connectivity index (χ2n) is 14.0. The van der Waals surface area contributed by atoms with Gasteiger partial charge in [-0.1, -0.05) is 10.4 Å². The first-order valence-electron chi connectivity index (χ1n) is 19.3. The Morgan fingerprint density at radius 3 is 1.17 bits per heavy atom. The molecule has 2 aliphatic heterocycles. The van der Waals surface area contributed by atoms with Crippen LogP contribution in [-0.4, -0.2) is 157 Å². The minimum absolute atomic E-state index is 0.448. The lowest BCUT2D eigenvalue weighted by Gasteiger charge is -2.44. The highest BCUT2D eigenvalue weighted by Crippen LogP contribution is 2.39. The van der Waals surface area contributed by atoms with Gasteiger partial charge in [-0.15, -0.1) is 10.2 Å². The second kappa shape index (κ2) is 21.5. The Hall–Kier alpha value is -7.17. The summed E-state index contributed by atoms with van der Waals surface area (Å²) < 4.78 is 61.5. The van der Waals surface area contributed by atoms with Crippen molar-refractivity contribution in [1.29, 1.82) is 0 Å². The van der Waals surface area contributed by atoms with Crippen molar-refractivity contribution in [3.05, 3.63) is 33.9 Å². The quantitative estimate of drug-likeness (QED) is 0.0751. The van der Waals surface area contributed by atoms with Gasteiger partial charge in [-0.2, -0.15) is 0 Å². The van der Waals surface area contributed by atoms with Gasteiger partial charge in [0.1, 0.15) is 25.4 Å². The summed E-state index contributed by atoms with van der Waals surface area (Å²) in [6, 6.07) is 0. The summed E-state index contributed by atoms with van der Waals surface area (Å²) in [5.41, 5.74) is -5.02. The van der Waals surface area contributed by atoms with Gasteiger partial charge in [0.2, 0.25) is 0 Å². The molecule has 2 saturated heterocycles. The van der Waals surface area contributed by atoms with Crippen LogP contribution in [0.1, 0.15) is 86.2 Å². The molecule has 0 saturated carbocycles. The Bertz CT molecular complexity index is 2030. The molecule has 29 heteroatoms. The molecule has 2 aromatic rings. The lowest BCUT2D eigenvalue weighted by Crippen LogP contribution is -2.60. The zero-order valence-electron chi connectivity index (χ0n) is 36.2. The highest BCUT2D eigenvalue weighted by atomic mass is 16.7. The van der Waals surface area contributed by atoms with Crippen molar-refractivity contribution in [2.24, 2.45) is 0 Å². The van der Waals surface area contributed by atoms with E-state index < -0.39 is 157 Å². The van der Waals surface area contributed by atoms with Crippen LogP contribution in [0.25, 0.3) is 0 Å². The molecule has 0 aromatic carbocycles. The molecule has 4 heterocycles. The SMILES string of the molecule is CCOC(=O)C(c1cn([C@@H]2O[C@H](COC(C)=O)[C@@H](OC(C)=O)[C@H](OC(C)=O)[C@H]2OC(C)=O)nn1)(c1cn([C@@H]2O[C@H](COC(C)=O)[C@@H](OC(C)=O)[C@H](OC(C)=O)[C@H]2OC(C)=O)nn1)[N+](=O)[O-]. The van der Waals surface area contributed by atoms with E-state index in [1.54, 1.807) is 0 Å². The molecule has 356 valence electrons. The number of esters is 9. The second-order valence-corrected chi connectivity index (χ2v) is 14.0. The summed E-state index contributed by atoms with van der Waals surface area (Å²) in [6.07, 6.45) is -15.2. The summed E-state index contributed by atoms with van der Waals surface area (Å²) in [5, 5.41) is 29.0. The smallest absolute Gasteiger partial charge is 0.406 e. The van der Waals surface area contributed by atoms with Crippen molar-refractivity contribution in [3.63, 3.8) is 0 Å². The number of rotatable bonds is 17. The van der Waals surface area contributed by atoms with E-state index in [4.69, 9.17) is 52.1 Å². The lowest BCUT2D eigenvalue weighted by atomic mass is 9.92. The first-order chi connectivity index (χ1) is 30.5. The normalized spacial score (nSPS) is 25.1. The molecule has 0 amide bonds. The van der Waals surface area contributed by atoms with Crippen LogP contribution in [0.3, 0.4) is 0 Å². The van der Waals surface area contributed by atoms with E-state index in [0.717, 1.165) is 77.1 Å². The minimum Gasteiger partial charge on any atom is -0.463 e. The van der Waals surface area contributed by atoms with Gasteiger partial charge in [0, 0.05) is 55.4 Å². The molecule has 0 radical (unpaired) electrons. The number of carbonyl (C=O) groups is 9. The molecule has 4 rings (SSSR count). The molecule has 0 unspecified atom stereocenters. The average molecular weight is 928 g/mol. The third kappa shape index (κ3) is 11.9. The number of hydrogen-bond acceptors (Lipinski definition) is 26. The molecule has 65 heavy (non-hydrogen) atoms. The summed E-state index contributed by atoms with van der Waals surface area (Å²) in [6.45, 7) is 7.57. The van der Waals surface area contributed by atoms with Crippen LogP contribution in [-0.2, 0) is 101 Å². The van der Waals surface area contributed by atoms with Gasteiger partial charge in [-0.25, -0.2) is 14.2 Å². The number of nitrogens with zero attached hydrogens (tertiary/aromatic N) is 7. The molecule has 2 aliphatic rings. The van der Waals surface area contributed by atoms with E-state index >= 15 is 0 Å². The fourth-order valence-corrected chi connectivity index (χ4v) is 6.81. The number of ether oxygens (including phenoxy) is 11. The van der Waals surface area contributed by atoms with Gasteiger partial charge in [-0.3, -0.25) is 48.5 Å². The van der Waals surface area contributed by atoms with E-state index in [1.165, 1.54) is 6.92 Å². The van der Waals surface area contributed by atoms with Crippen LogP contribution in [0.5, 0.6) is 0 Å². The highest BCUT2D eigenvalue weighted by molar-refractivity contribution is 5.84. The van der Waals surface area contributed by atoms with Crippen molar-refractivity contribution >= 4 is 53.7 Å². The number of carbonyl (C=O) groups excluding carboxylic acids is 9.